The van der Waals surface area contributed by atoms with Gasteiger partial charge in [-0.3, -0.25) is 14.8 Å². The van der Waals surface area contributed by atoms with E-state index in [0.29, 0.717) is 11.1 Å². The lowest BCUT2D eigenvalue weighted by molar-refractivity contribution is -0.136. The lowest BCUT2D eigenvalue weighted by atomic mass is 9.97. The van der Waals surface area contributed by atoms with E-state index in [9.17, 15) is 14.7 Å². The fourth-order valence-electron chi connectivity index (χ4n) is 1.77. The molecule has 1 atom stereocenters. The number of hydroxylamine groups is 1. The first-order valence-electron chi connectivity index (χ1n) is 7.29. The summed E-state index contributed by atoms with van der Waals surface area (Å²) in [4.78, 5) is 23.8. The maximum Gasteiger partial charge on any atom is 0.268 e. The Labute approximate surface area is 146 Å². The zero-order valence-electron chi connectivity index (χ0n) is 14.1. The molecule has 1 unspecified atom stereocenters. The highest BCUT2D eigenvalue weighted by Crippen LogP contribution is 2.11. The Hall–Kier alpha value is -3.08. The number of allylic oxidation sites excluding steroid dienone is 1. The van der Waals surface area contributed by atoms with Crippen LogP contribution in [0.1, 0.15) is 29.8 Å². The monoisotopic (exact) mass is 343 g/mol. The molecule has 0 fully saturated rings. The first-order valence-corrected chi connectivity index (χ1v) is 7.29. The topological polar surface area (TPSA) is 125 Å². The van der Waals surface area contributed by atoms with Gasteiger partial charge in [-0.1, -0.05) is 25.0 Å². The van der Waals surface area contributed by atoms with Crippen LogP contribution in [0.5, 0.6) is 0 Å². The van der Waals surface area contributed by atoms with E-state index in [1.54, 1.807) is 12.1 Å². The summed E-state index contributed by atoms with van der Waals surface area (Å²) in [7, 11) is 0. The number of carbonyl (C=O) groups excluding carboxylic acids is 2. The summed E-state index contributed by atoms with van der Waals surface area (Å²) in [6.07, 6.45) is 0. The number of nitrogens with one attached hydrogen (secondary N) is 2. The van der Waals surface area contributed by atoms with Crippen molar-refractivity contribution in [3.05, 3.63) is 59.8 Å². The highest BCUT2D eigenvalue weighted by molar-refractivity contribution is 5.97. The first kappa shape index (κ1) is 20.0. The maximum atomic E-state index is 12.2. The van der Waals surface area contributed by atoms with Gasteiger partial charge in [0.15, 0.2) is 0 Å². The van der Waals surface area contributed by atoms with Gasteiger partial charge in [0, 0.05) is 22.4 Å². The molecule has 0 bridgehead atoms. The number of rotatable bonds is 5. The van der Waals surface area contributed by atoms with Gasteiger partial charge >= 0.3 is 0 Å². The van der Waals surface area contributed by atoms with Crippen molar-refractivity contribution in [2.24, 2.45) is 5.73 Å². The summed E-state index contributed by atoms with van der Waals surface area (Å²) < 4.78 is 0. The predicted molar refractivity (Wildman–Crippen MR) is 93.3 cm³/mol. The molecule has 0 saturated carbocycles. The summed E-state index contributed by atoms with van der Waals surface area (Å²) in [5.41, 5.74) is 6.88. The Bertz CT molecular complexity index is 749. The van der Waals surface area contributed by atoms with E-state index in [0.717, 1.165) is 0 Å². The van der Waals surface area contributed by atoms with Crippen LogP contribution in [0.25, 0.3) is 0 Å². The van der Waals surface area contributed by atoms with Gasteiger partial charge < -0.3 is 16.2 Å². The van der Waals surface area contributed by atoms with Crippen LogP contribution < -0.4 is 16.5 Å². The van der Waals surface area contributed by atoms with E-state index in [-0.39, 0.29) is 11.3 Å². The number of hydrogen-bond acceptors (Lipinski definition) is 5. The minimum atomic E-state index is -1.57. The molecule has 0 aliphatic rings. The van der Waals surface area contributed by atoms with Gasteiger partial charge in [-0.05, 0) is 38.1 Å². The molecular formula is C18H21N3O4. The quantitative estimate of drug-likeness (QED) is 0.230. The normalized spacial score (nSPS) is 11.5. The molecular weight excluding hydrogens is 322 g/mol. The van der Waals surface area contributed by atoms with Crippen molar-refractivity contribution in [2.75, 3.05) is 0 Å². The van der Waals surface area contributed by atoms with Crippen LogP contribution in [0, 0.1) is 11.8 Å². The Morgan fingerprint density at radius 2 is 1.80 bits per heavy atom. The predicted octanol–water partition coefficient (Wildman–Crippen LogP) is 0.441. The molecule has 0 spiro atoms. The fourth-order valence-corrected chi connectivity index (χ4v) is 1.77. The van der Waals surface area contributed by atoms with Gasteiger partial charge in [-0.15, -0.1) is 0 Å². The molecule has 0 heterocycles. The number of nitrogens with two attached hydrogens (primary N) is 1. The van der Waals surface area contributed by atoms with Gasteiger partial charge in [-0.2, -0.15) is 0 Å². The van der Waals surface area contributed by atoms with Crippen LogP contribution in [-0.2, 0) is 4.79 Å². The van der Waals surface area contributed by atoms with Crippen molar-refractivity contribution >= 4 is 11.8 Å². The van der Waals surface area contributed by atoms with Crippen molar-refractivity contribution in [3.8, 4) is 11.8 Å². The molecule has 2 amide bonds. The molecule has 0 aromatic heterocycles. The largest absolute Gasteiger partial charge is 0.398 e. The Balaban J connectivity index is 2.91. The summed E-state index contributed by atoms with van der Waals surface area (Å²) in [6, 6.07) is 4.91. The van der Waals surface area contributed by atoms with Crippen molar-refractivity contribution in [1.29, 1.82) is 0 Å². The van der Waals surface area contributed by atoms with Crippen LogP contribution in [0.15, 0.2) is 48.7 Å². The third kappa shape index (κ3) is 5.80. The van der Waals surface area contributed by atoms with E-state index in [4.69, 9.17) is 10.9 Å². The lowest BCUT2D eigenvalue weighted by Gasteiger charge is -2.28. The number of carbonyl (C=O) groups is 2. The van der Waals surface area contributed by atoms with E-state index in [1.807, 2.05) is 0 Å². The second-order valence-corrected chi connectivity index (χ2v) is 5.87. The number of amides is 2. The average molecular weight is 343 g/mol. The summed E-state index contributed by atoms with van der Waals surface area (Å²) in [5.74, 6) is 4.05. The molecule has 1 aromatic rings. The highest BCUT2D eigenvalue weighted by Gasteiger charge is 2.34. The number of hydrogen-bond donors (Lipinski definition) is 5. The standard InChI is InChI=1S/C18H21N3O4/c1-11(12(2)19)5-6-13-7-9-14(10-8-13)16(22)20-15(17(23)21-25)18(3,4)24/h7-10,15,24-25H,1-2,19H2,3-4H3,(H,20,22)(H,21,23). The van der Waals surface area contributed by atoms with Crippen LogP contribution in [0.3, 0.4) is 0 Å². The van der Waals surface area contributed by atoms with E-state index >= 15 is 0 Å². The van der Waals surface area contributed by atoms with Crippen LogP contribution in [0.2, 0.25) is 0 Å². The molecule has 7 nitrogen and oxygen atoms in total. The second-order valence-electron chi connectivity index (χ2n) is 5.87. The maximum absolute atomic E-state index is 12.2. The Morgan fingerprint density at radius 3 is 2.24 bits per heavy atom. The SMILES string of the molecule is C=C(N)C(=C)C#Cc1ccc(C(=O)NC(C(=O)NO)C(C)(C)O)cc1. The van der Waals surface area contributed by atoms with Crippen molar-refractivity contribution in [1.82, 2.24) is 10.8 Å². The van der Waals surface area contributed by atoms with E-state index < -0.39 is 23.5 Å². The molecule has 132 valence electrons. The van der Waals surface area contributed by atoms with Gasteiger partial charge in [0.1, 0.15) is 6.04 Å². The molecule has 0 aliphatic carbocycles. The zero-order valence-corrected chi connectivity index (χ0v) is 14.1. The molecule has 0 radical (unpaired) electrons. The highest BCUT2D eigenvalue weighted by atomic mass is 16.5. The number of aliphatic hydroxyl groups is 1. The Morgan fingerprint density at radius 1 is 1.24 bits per heavy atom. The summed E-state index contributed by atoms with van der Waals surface area (Å²) in [5, 5.41) is 21.1. The summed E-state index contributed by atoms with van der Waals surface area (Å²) in [6.45, 7) is 9.85. The first-order chi connectivity index (χ1) is 11.6. The average Bonchev–Trinajstić information content (AvgIpc) is 2.55. The minimum Gasteiger partial charge on any atom is -0.398 e. The van der Waals surface area contributed by atoms with Crippen LogP contribution in [-0.4, -0.2) is 33.8 Å². The number of benzene rings is 1. The minimum absolute atomic E-state index is 0.257. The van der Waals surface area contributed by atoms with Crippen molar-refractivity contribution in [3.63, 3.8) is 0 Å². The van der Waals surface area contributed by atoms with Gasteiger partial charge in [0.05, 0.1) is 5.60 Å². The van der Waals surface area contributed by atoms with Crippen molar-refractivity contribution < 1.29 is 19.9 Å². The second kappa shape index (κ2) is 8.15. The lowest BCUT2D eigenvalue weighted by Crippen LogP contribution is -2.57. The molecule has 0 saturated heterocycles. The van der Waals surface area contributed by atoms with Crippen molar-refractivity contribution in [2.45, 2.75) is 25.5 Å². The summed E-state index contributed by atoms with van der Waals surface area (Å²) >= 11 is 0. The van der Waals surface area contributed by atoms with Gasteiger partial charge in [0.2, 0.25) is 0 Å². The zero-order chi connectivity index (χ0) is 19.2. The van der Waals surface area contributed by atoms with E-state index in [2.05, 4.69) is 30.3 Å². The van der Waals surface area contributed by atoms with Crippen LogP contribution >= 0.6 is 0 Å². The fraction of sp³-hybridized carbons (Fsp3) is 0.222. The molecule has 7 heteroatoms. The van der Waals surface area contributed by atoms with E-state index in [1.165, 1.54) is 31.5 Å². The molecule has 25 heavy (non-hydrogen) atoms. The van der Waals surface area contributed by atoms with Gasteiger partial charge in [-0.25, -0.2) is 5.48 Å². The molecule has 0 aliphatic heterocycles. The molecule has 1 aromatic carbocycles. The van der Waals surface area contributed by atoms with Crippen LogP contribution in [0.4, 0.5) is 0 Å². The third-order valence-corrected chi connectivity index (χ3v) is 3.25. The Kier molecular flexibility index (Phi) is 6.51. The third-order valence-electron chi connectivity index (χ3n) is 3.25. The molecule has 6 N–H and O–H groups in total. The smallest absolute Gasteiger partial charge is 0.268 e. The van der Waals surface area contributed by atoms with Gasteiger partial charge in [0.25, 0.3) is 11.8 Å². The molecule has 1 rings (SSSR count).